The summed E-state index contributed by atoms with van der Waals surface area (Å²) in [5, 5.41) is 2.35. The molecule has 0 aliphatic rings. The average Bonchev–Trinajstić information content (AvgIpc) is 2.71. The van der Waals surface area contributed by atoms with Gasteiger partial charge in [-0.3, -0.25) is 4.79 Å². The Bertz CT molecular complexity index is 435. The third-order valence-corrected chi connectivity index (χ3v) is 3.47. The van der Waals surface area contributed by atoms with Gasteiger partial charge in [-0.15, -0.1) is 22.7 Å². The van der Waals surface area contributed by atoms with Crippen LogP contribution < -0.4 is 0 Å². The number of hydrogen-bond acceptors (Lipinski definition) is 4. The van der Waals surface area contributed by atoms with Crippen molar-refractivity contribution in [2.24, 2.45) is 0 Å². The van der Waals surface area contributed by atoms with Gasteiger partial charge in [-0.2, -0.15) is 0 Å². The van der Waals surface area contributed by atoms with Crippen molar-refractivity contribution >= 4 is 40.6 Å². The van der Waals surface area contributed by atoms with Crippen molar-refractivity contribution in [1.82, 2.24) is 4.98 Å². The lowest BCUT2D eigenvalue weighted by molar-refractivity contribution is 0.112. The second-order valence-electron chi connectivity index (χ2n) is 2.29. The van der Waals surface area contributed by atoms with E-state index >= 15 is 0 Å². The molecule has 0 saturated carbocycles. The van der Waals surface area contributed by atoms with Crippen molar-refractivity contribution in [3.8, 4) is 10.6 Å². The number of halogens is 1. The molecule has 5 heteroatoms. The smallest absolute Gasteiger partial charge is 0.178 e. The molecule has 0 fully saturated rings. The lowest BCUT2D eigenvalue weighted by atomic mass is 10.4. The molecular formula is C8H4ClNOS2. The molecule has 0 amide bonds. The van der Waals surface area contributed by atoms with E-state index in [0.717, 1.165) is 21.2 Å². The first-order valence-electron chi connectivity index (χ1n) is 3.46. The van der Waals surface area contributed by atoms with E-state index in [9.17, 15) is 4.79 Å². The minimum atomic E-state index is 0.500. The van der Waals surface area contributed by atoms with Crippen LogP contribution in [0.2, 0.25) is 4.34 Å². The van der Waals surface area contributed by atoms with Crippen molar-refractivity contribution in [2.45, 2.75) is 0 Å². The van der Waals surface area contributed by atoms with Crippen LogP contribution in [-0.4, -0.2) is 11.3 Å². The van der Waals surface area contributed by atoms with Crippen LogP contribution in [0, 0.1) is 0 Å². The Hall–Kier alpha value is -0.710. The predicted octanol–water partition coefficient (Wildman–Crippen LogP) is 3.34. The Labute approximate surface area is 87.8 Å². The monoisotopic (exact) mass is 229 g/mol. The molecule has 0 spiro atoms. The maximum Gasteiger partial charge on any atom is 0.178 e. The molecular weight excluding hydrogens is 226 g/mol. The maximum atomic E-state index is 10.4. The molecule has 2 aromatic heterocycles. The summed E-state index contributed by atoms with van der Waals surface area (Å²) in [6, 6.07) is 3.72. The first-order chi connectivity index (χ1) is 6.29. The van der Waals surface area contributed by atoms with Crippen molar-refractivity contribution in [1.29, 1.82) is 0 Å². The Morgan fingerprint density at radius 1 is 1.46 bits per heavy atom. The van der Waals surface area contributed by atoms with Gasteiger partial charge < -0.3 is 0 Å². The van der Waals surface area contributed by atoms with Gasteiger partial charge in [0.1, 0.15) is 0 Å². The Morgan fingerprint density at radius 3 is 2.85 bits per heavy atom. The number of thiazole rings is 1. The maximum absolute atomic E-state index is 10.4. The molecule has 0 aliphatic heterocycles. The van der Waals surface area contributed by atoms with Gasteiger partial charge >= 0.3 is 0 Å². The van der Waals surface area contributed by atoms with Gasteiger partial charge in [-0.05, 0) is 12.1 Å². The predicted molar refractivity (Wildman–Crippen MR) is 55.8 cm³/mol. The van der Waals surface area contributed by atoms with Gasteiger partial charge in [0.05, 0.1) is 14.9 Å². The van der Waals surface area contributed by atoms with Crippen LogP contribution in [0.5, 0.6) is 0 Å². The van der Waals surface area contributed by atoms with E-state index in [1.807, 2.05) is 17.5 Å². The normalized spacial score (nSPS) is 10.2. The van der Waals surface area contributed by atoms with Gasteiger partial charge in [0.2, 0.25) is 0 Å². The summed E-state index contributed by atoms with van der Waals surface area (Å²) in [7, 11) is 0. The molecule has 0 atom stereocenters. The Balaban J connectivity index is 2.40. The van der Waals surface area contributed by atoms with Crippen LogP contribution in [0.4, 0.5) is 0 Å². The molecule has 0 unspecified atom stereocenters. The molecule has 0 N–H and O–H groups in total. The highest BCUT2D eigenvalue weighted by atomic mass is 35.5. The molecule has 2 aromatic rings. The summed E-state index contributed by atoms with van der Waals surface area (Å²) in [4.78, 5) is 15.5. The molecule has 0 aromatic carbocycles. The third-order valence-electron chi connectivity index (χ3n) is 1.45. The minimum Gasteiger partial charge on any atom is -0.295 e. The van der Waals surface area contributed by atoms with Crippen LogP contribution in [0.25, 0.3) is 10.6 Å². The van der Waals surface area contributed by atoms with Crippen molar-refractivity contribution in [3.05, 3.63) is 26.9 Å². The van der Waals surface area contributed by atoms with Crippen molar-refractivity contribution < 1.29 is 4.79 Å². The lowest BCUT2D eigenvalue weighted by Gasteiger charge is -1.85. The number of thiophene rings is 1. The highest BCUT2D eigenvalue weighted by molar-refractivity contribution is 7.19. The molecule has 0 aliphatic carbocycles. The first kappa shape index (κ1) is 8.87. The number of rotatable bonds is 2. The summed E-state index contributed by atoms with van der Waals surface area (Å²) in [5.41, 5.74) is 0.823. The summed E-state index contributed by atoms with van der Waals surface area (Å²) in [5.74, 6) is 0. The zero-order valence-electron chi connectivity index (χ0n) is 6.36. The quantitative estimate of drug-likeness (QED) is 0.740. The molecule has 66 valence electrons. The molecule has 0 saturated heterocycles. The van der Waals surface area contributed by atoms with Gasteiger partial charge in [-0.1, -0.05) is 11.6 Å². The number of carbonyl (C=O) groups is 1. The number of carbonyl (C=O) groups excluding carboxylic acids is 1. The minimum absolute atomic E-state index is 0.500. The zero-order chi connectivity index (χ0) is 9.26. The fraction of sp³-hybridized carbons (Fsp3) is 0. The van der Waals surface area contributed by atoms with Crippen molar-refractivity contribution in [2.75, 3.05) is 0 Å². The largest absolute Gasteiger partial charge is 0.295 e. The number of aromatic nitrogens is 1. The fourth-order valence-electron chi connectivity index (χ4n) is 0.907. The van der Waals surface area contributed by atoms with Crippen LogP contribution in [0.3, 0.4) is 0 Å². The van der Waals surface area contributed by atoms with Crippen LogP contribution in [0.15, 0.2) is 17.5 Å². The standard InChI is InChI=1S/C8H4ClNOS2/c9-7-2-1-6(13-7)5-4-12-8(3-11)10-5/h1-4H. The van der Waals surface area contributed by atoms with Crippen LogP contribution in [-0.2, 0) is 0 Å². The van der Waals surface area contributed by atoms with Crippen LogP contribution in [0.1, 0.15) is 9.80 Å². The van der Waals surface area contributed by atoms with E-state index < -0.39 is 0 Å². The van der Waals surface area contributed by atoms with E-state index in [-0.39, 0.29) is 0 Å². The highest BCUT2D eigenvalue weighted by Crippen LogP contribution is 2.31. The molecule has 2 rings (SSSR count). The average molecular weight is 230 g/mol. The topological polar surface area (TPSA) is 30.0 Å². The molecule has 0 radical (unpaired) electrons. The van der Waals surface area contributed by atoms with E-state index in [1.54, 1.807) is 0 Å². The van der Waals surface area contributed by atoms with E-state index in [1.165, 1.54) is 22.7 Å². The highest BCUT2D eigenvalue weighted by Gasteiger charge is 2.05. The van der Waals surface area contributed by atoms with Gasteiger partial charge in [0.15, 0.2) is 11.3 Å². The van der Waals surface area contributed by atoms with Crippen molar-refractivity contribution in [3.63, 3.8) is 0 Å². The Morgan fingerprint density at radius 2 is 2.31 bits per heavy atom. The van der Waals surface area contributed by atoms with Gasteiger partial charge in [0.25, 0.3) is 0 Å². The second kappa shape index (κ2) is 3.57. The van der Waals surface area contributed by atoms with Gasteiger partial charge in [-0.25, -0.2) is 4.98 Å². The van der Waals surface area contributed by atoms with E-state index in [4.69, 9.17) is 11.6 Å². The fourth-order valence-corrected chi connectivity index (χ4v) is 2.60. The molecule has 13 heavy (non-hydrogen) atoms. The SMILES string of the molecule is O=Cc1nc(-c2ccc(Cl)s2)cs1. The number of hydrogen-bond donors (Lipinski definition) is 0. The summed E-state index contributed by atoms with van der Waals surface area (Å²) >= 11 is 8.57. The third kappa shape index (κ3) is 1.80. The lowest BCUT2D eigenvalue weighted by Crippen LogP contribution is -1.75. The summed E-state index contributed by atoms with van der Waals surface area (Å²) < 4.78 is 0.732. The second-order valence-corrected chi connectivity index (χ2v) is 4.90. The molecule has 2 nitrogen and oxygen atoms in total. The number of aldehydes is 1. The molecule has 0 bridgehead atoms. The number of nitrogens with zero attached hydrogens (tertiary/aromatic N) is 1. The summed E-state index contributed by atoms with van der Waals surface area (Å²) in [6.07, 6.45) is 0.753. The van der Waals surface area contributed by atoms with Crippen LogP contribution >= 0.6 is 34.3 Å². The first-order valence-corrected chi connectivity index (χ1v) is 5.53. The van der Waals surface area contributed by atoms with E-state index in [0.29, 0.717) is 5.01 Å². The molecule has 2 heterocycles. The zero-order valence-corrected chi connectivity index (χ0v) is 8.75. The van der Waals surface area contributed by atoms with Gasteiger partial charge in [0, 0.05) is 5.38 Å². The Kier molecular flexibility index (Phi) is 2.44. The summed E-state index contributed by atoms with van der Waals surface area (Å²) in [6.45, 7) is 0. The van der Waals surface area contributed by atoms with E-state index in [2.05, 4.69) is 4.98 Å².